The van der Waals surface area contributed by atoms with Crippen LogP contribution in [0.2, 0.25) is 5.02 Å². The Morgan fingerprint density at radius 3 is 2.87 bits per heavy atom. The van der Waals surface area contributed by atoms with E-state index in [9.17, 15) is 4.79 Å². The summed E-state index contributed by atoms with van der Waals surface area (Å²) in [4.78, 5) is 18.1. The number of hydrogen-bond donors (Lipinski definition) is 0. The number of methoxy groups -OCH3 is 1. The zero-order chi connectivity index (χ0) is 17.0. The van der Waals surface area contributed by atoms with E-state index in [0.717, 1.165) is 12.8 Å². The Labute approximate surface area is 141 Å². The Hall–Kier alpha value is -1.69. The van der Waals surface area contributed by atoms with Crippen molar-refractivity contribution in [3.05, 3.63) is 17.3 Å². The highest BCUT2D eigenvalue weighted by Gasteiger charge is 2.32. The van der Waals surface area contributed by atoms with Crippen LogP contribution in [0.1, 0.15) is 33.6 Å². The predicted octanol–water partition coefficient (Wildman–Crippen LogP) is 3.52. The Kier molecular flexibility index (Phi) is 5.57. The first-order valence-corrected chi connectivity index (χ1v) is 8.00. The Bertz CT molecular complexity index is 560. The first-order chi connectivity index (χ1) is 10.8. The van der Waals surface area contributed by atoms with Crippen LogP contribution in [0.4, 0.5) is 4.79 Å². The zero-order valence-electron chi connectivity index (χ0n) is 14.0. The molecule has 7 heteroatoms. The largest absolute Gasteiger partial charge is 0.495 e. The van der Waals surface area contributed by atoms with E-state index in [1.807, 2.05) is 20.8 Å². The molecule has 6 nitrogen and oxygen atoms in total. The maximum absolute atomic E-state index is 12.2. The van der Waals surface area contributed by atoms with Gasteiger partial charge in [0.1, 0.15) is 23.0 Å². The van der Waals surface area contributed by atoms with Gasteiger partial charge in [0, 0.05) is 18.8 Å². The van der Waals surface area contributed by atoms with Gasteiger partial charge in [-0.05, 0) is 33.6 Å². The summed E-state index contributed by atoms with van der Waals surface area (Å²) >= 11 is 6.16. The van der Waals surface area contributed by atoms with Gasteiger partial charge in [0.2, 0.25) is 5.88 Å². The minimum Gasteiger partial charge on any atom is -0.495 e. The number of likely N-dealkylation sites (tertiary alicyclic amines) is 1. The average molecular weight is 343 g/mol. The van der Waals surface area contributed by atoms with Crippen molar-refractivity contribution in [1.82, 2.24) is 9.88 Å². The first-order valence-electron chi connectivity index (χ1n) is 7.62. The number of halogens is 1. The number of hydrogen-bond acceptors (Lipinski definition) is 5. The van der Waals surface area contributed by atoms with Gasteiger partial charge in [0.05, 0.1) is 13.2 Å². The summed E-state index contributed by atoms with van der Waals surface area (Å²) in [7, 11) is 1.53. The Balaban J connectivity index is 1.98. The first kappa shape index (κ1) is 17.7. The van der Waals surface area contributed by atoms with E-state index < -0.39 is 5.60 Å². The van der Waals surface area contributed by atoms with Gasteiger partial charge in [-0.25, -0.2) is 9.78 Å². The minimum absolute atomic E-state index is 0.0473. The van der Waals surface area contributed by atoms with Gasteiger partial charge in [-0.3, -0.25) is 0 Å². The molecule has 0 N–H and O–H groups in total. The second-order valence-corrected chi connectivity index (χ2v) is 6.79. The SMILES string of the molecule is COc1ccnc(OCC2CCCN2C(=O)OC(C)(C)C)c1Cl. The molecular formula is C16H23ClN2O4. The van der Waals surface area contributed by atoms with Crippen LogP contribution in [-0.4, -0.2) is 47.9 Å². The quantitative estimate of drug-likeness (QED) is 0.837. The highest BCUT2D eigenvalue weighted by Crippen LogP contribution is 2.32. The summed E-state index contributed by atoms with van der Waals surface area (Å²) in [5.74, 6) is 0.814. The molecule has 0 saturated carbocycles. The van der Waals surface area contributed by atoms with Gasteiger partial charge in [0.25, 0.3) is 0 Å². The van der Waals surface area contributed by atoms with Crippen molar-refractivity contribution >= 4 is 17.7 Å². The topological polar surface area (TPSA) is 60.9 Å². The lowest BCUT2D eigenvalue weighted by Gasteiger charge is -2.28. The lowest BCUT2D eigenvalue weighted by Crippen LogP contribution is -2.42. The second kappa shape index (κ2) is 7.25. The van der Waals surface area contributed by atoms with Crippen molar-refractivity contribution in [1.29, 1.82) is 0 Å². The molecule has 1 amide bonds. The molecular weight excluding hydrogens is 320 g/mol. The van der Waals surface area contributed by atoms with Crippen LogP contribution >= 0.6 is 11.6 Å². The highest BCUT2D eigenvalue weighted by molar-refractivity contribution is 6.33. The molecule has 1 aliphatic heterocycles. The molecule has 0 aliphatic carbocycles. The molecule has 23 heavy (non-hydrogen) atoms. The third kappa shape index (κ3) is 4.64. The summed E-state index contributed by atoms with van der Waals surface area (Å²) in [5, 5.41) is 0.330. The van der Waals surface area contributed by atoms with Crippen molar-refractivity contribution < 1.29 is 19.0 Å². The number of rotatable bonds is 4. The van der Waals surface area contributed by atoms with E-state index in [2.05, 4.69) is 4.98 Å². The summed E-state index contributed by atoms with van der Waals surface area (Å²) in [6, 6.07) is 1.62. The van der Waals surface area contributed by atoms with Crippen LogP contribution in [-0.2, 0) is 4.74 Å². The van der Waals surface area contributed by atoms with Gasteiger partial charge in [0.15, 0.2) is 0 Å². The van der Waals surface area contributed by atoms with Crippen molar-refractivity contribution in [3.63, 3.8) is 0 Å². The molecule has 0 radical (unpaired) electrons. The highest BCUT2D eigenvalue weighted by atomic mass is 35.5. The van der Waals surface area contributed by atoms with E-state index in [4.69, 9.17) is 25.8 Å². The molecule has 2 heterocycles. The summed E-state index contributed by atoms with van der Waals surface area (Å²) < 4.78 is 16.3. The third-order valence-electron chi connectivity index (χ3n) is 3.46. The molecule has 1 atom stereocenters. The average Bonchev–Trinajstić information content (AvgIpc) is 2.93. The van der Waals surface area contributed by atoms with Gasteiger partial charge in [-0.2, -0.15) is 0 Å². The van der Waals surface area contributed by atoms with Gasteiger partial charge in [-0.15, -0.1) is 0 Å². The summed E-state index contributed by atoms with van der Waals surface area (Å²) in [6.07, 6.45) is 3.04. The molecule has 1 fully saturated rings. The molecule has 1 saturated heterocycles. The number of carbonyl (C=O) groups is 1. The van der Waals surface area contributed by atoms with Crippen LogP contribution < -0.4 is 9.47 Å². The fourth-order valence-corrected chi connectivity index (χ4v) is 2.65. The number of nitrogens with zero attached hydrogens (tertiary/aromatic N) is 2. The Morgan fingerprint density at radius 2 is 2.22 bits per heavy atom. The van der Waals surface area contributed by atoms with Gasteiger partial charge < -0.3 is 19.1 Å². The van der Waals surface area contributed by atoms with Crippen LogP contribution in [0.25, 0.3) is 0 Å². The number of carbonyl (C=O) groups excluding carboxylic acids is 1. The van der Waals surface area contributed by atoms with Crippen molar-refractivity contribution in [2.45, 2.75) is 45.3 Å². The smallest absolute Gasteiger partial charge is 0.410 e. The van der Waals surface area contributed by atoms with Crippen LogP contribution in [0, 0.1) is 0 Å². The maximum atomic E-state index is 12.2. The monoisotopic (exact) mass is 342 g/mol. The molecule has 1 unspecified atom stereocenters. The summed E-state index contributed by atoms with van der Waals surface area (Å²) in [6.45, 7) is 6.55. The second-order valence-electron chi connectivity index (χ2n) is 6.41. The number of ether oxygens (including phenoxy) is 3. The van der Waals surface area contributed by atoms with Crippen molar-refractivity contribution in [3.8, 4) is 11.6 Å². The van der Waals surface area contributed by atoms with Crippen molar-refractivity contribution in [2.75, 3.05) is 20.3 Å². The standard InChI is InChI=1S/C16H23ClN2O4/c1-16(2,3)23-15(20)19-9-5-6-11(19)10-22-14-13(17)12(21-4)7-8-18-14/h7-8,11H,5-6,9-10H2,1-4H3. The lowest BCUT2D eigenvalue weighted by molar-refractivity contribution is 0.0185. The van der Waals surface area contributed by atoms with E-state index in [0.29, 0.717) is 29.8 Å². The maximum Gasteiger partial charge on any atom is 0.410 e. The molecule has 1 aromatic rings. The molecule has 1 aliphatic rings. The van der Waals surface area contributed by atoms with Crippen molar-refractivity contribution in [2.24, 2.45) is 0 Å². The molecule has 1 aromatic heterocycles. The van der Waals surface area contributed by atoms with Gasteiger partial charge >= 0.3 is 6.09 Å². The normalized spacial score (nSPS) is 18.0. The molecule has 0 aromatic carbocycles. The van der Waals surface area contributed by atoms with Gasteiger partial charge in [-0.1, -0.05) is 11.6 Å². The van der Waals surface area contributed by atoms with Crippen LogP contribution in [0.15, 0.2) is 12.3 Å². The number of amides is 1. The fraction of sp³-hybridized carbons (Fsp3) is 0.625. The fourth-order valence-electron chi connectivity index (χ4n) is 2.41. The molecule has 0 spiro atoms. The van der Waals surface area contributed by atoms with Crippen LogP contribution in [0.5, 0.6) is 11.6 Å². The summed E-state index contributed by atoms with van der Waals surface area (Å²) in [5.41, 5.74) is -0.511. The molecule has 0 bridgehead atoms. The number of pyridine rings is 1. The lowest BCUT2D eigenvalue weighted by atomic mass is 10.2. The molecule has 2 rings (SSSR count). The third-order valence-corrected chi connectivity index (χ3v) is 3.81. The molecule has 128 valence electrons. The van der Waals surface area contributed by atoms with Crippen LogP contribution in [0.3, 0.4) is 0 Å². The van der Waals surface area contributed by atoms with E-state index in [-0.39, 0.29) is 12.1 Å². The van der Waals surface area contributed by atoms with E-state index >= 15 is 0 Å². The zero-order valence-corrected chi connectivity index (χ0v) is 14.7. The minimum atomic E-state index is -0.511. The predicted molar refractivity (Wildman–Crippen MR) is 87.3 cm³/mol. The van der Waals surface area contributed by atoms with E-state index in [1.54, 1.807) is 17.2 Å². The van der Waals surface area contributed by atoms with E-state index in [1.165, 1.54) is 7.11 Å². The number of aromatic nitrogens is 1. The Morgan fingerprint density at radius 1 is 1.48 bits per heavy atom.